The van der Waals surface area contributed by atoms with Gasteiger partial charge in [-0.15, -0.1) is 0 Å². The summed E-state index contributed by atoms with van der Waals surface area (Å²) in [7, 11) is 0. The number of aliphatic hydroxyl groups is 1. The van der Waals surface area contributed by atoms with Gasteiger partial charge in [0.15, 0.2) is 5.09 Å². The summed E-state index contributed by atoms with van der Waals surface area (Å²) in [6.07, 6.45) is 3.46. The zero-order valence-electron chi connectivity index (χ0n) is 17.1. The first kappa shape index (κ1) is 21.6. The number of oxazole rings is 1. The van der Waals surface area contributed by atoms with Gasteiger partial charge in [-0.25, -0.2) is 14.4 Å². The maximum atomic E-state index is 13.4. The summed E-state index contributed by atoms with van der Waals surface area (Å²) < 4.78 is 19.4. The summed E-state index contributed by atoms with van der Waals surface area (Å²) in [5.74, 6) is -0.0148. The standard InChI is InChI=1S/C24H16ClFN4O2S/c25-16-4-8-20(29-12-16)33-23-21(30-22(32-23)14-1-5-17(26)6-2-14)15-3-7-19(28-11-15)24(13-27)9-18(31)10-24/h1-8,11-12,18,31H,9-10H2. The molecular formula is C24H16ClFN4O2S. The Labute approximate surface area is 198 Å². The first-order valence-electron chi connectivity index (χ1n) is 10.1. The molecule has 0 radical (unpaired) electrons. The molecule has 33 heavy (non-hydrogen) atoms. The molecule has 0 saturated heterocycles. The highest BCUT2D eigenvalue weighted by Gasteiger charge is 2.46. The maximum Gasteiger partial charge on any atom is 0.228 e. The minimum atomic E-state index is -0.758. The van der Waals surface area contributed by atoms with Crippen LogP contribution in [0.4, 0.5) is 4.39 Å². The number of nitrogens with zero attached hydrogens (tertiary/aromatic N) is 4. The van der Waals surface area contributed by atoms with Crippen molar-refractivity contribution in [3.05, 3.63) is 77.5 Å². The predicted molar refractivity (Wildman–Crippen MR) is 121 cm³/mol. The Morgan fingerprint density at radius 3 is 2.42 bits per heavy atom. The highest BCUT2D eigenvalue weighted by Crippen LogP contribution is 2.43. The Morgan fingerprint density at radius 2 is 1.82 bits per heavy atom. The lowest BCUT2D eigenvalue weighted by molar-refractivity contribution is 0.0429. The predicted octanol–water partition coefficient (Wildman–Crippen LogP) is 5.66. The fourth-order valence-electron chi connectivity index (χ4n) is 3.71. The van der Waals surface area contributed by atoms with Crippen molar-refractivity contribution in [2.45, 2.75) is 34.5 Å². The van der Waals surface area contributed by atoms with E-state index in [4.69, 9.17) is 16.0 Å². The highest BCUT2D eigenvalue weighted by atomic mass is 35.5. The lowest BCUT2D eigenvalue weighted by Gasteiger charge is -2.39. The molecule has 1 aliphatic carbocycles. The van der Waals surface area contributed by atoms with E-state index in [1.807, 2.05) is 6.07 Å². The van der Waals surface area contributed by atoms with Gasteiger partial charge in [0, 0.05) is 23.5 Å². The number of aliphatic hydroxyl groups excluding tert-OH is 1. The Hall–Kier alpha value is -3.25. The highest BCUT2D eigenvalue weighted by molar-refractivity contribution is 7.99. The van der Waals surface area contributed by atoms with Crippen LogP contribution in [0.2, 0.25) is 5.02 Å². The first-order chi connectivity index (χ1) is 16.0. The number of rotatable bonds is 5. The van der Waals surface area contributed by atoms with Gasteiger partial charge in [0.2, 0.25) is 5.89 Å². The summed E-state index contributed by atoms with van der Waals surface area (Å²) in [6.45, 7) is 0. The van der Waals surface area contributed by atoms with E-state index in [2.05, 4.69) is 21.0 Å². The van der Waals surface area contributed by atoms with Gasteiger partial charge in [-0.3, -0.25) is 4.98 Å². The van der Waals surface area contributed by atoms with E-state index in [0.29, 0.717) is 56.4 Å². The molecule has 4 aromatic rings. The molecule has 1 fully saturated rings. The summed E-state index contributed by atoms with van der Waals surface area (Å²) in [6, 6.07) is 15.3. The molecule has 0 unspecified atom stereocenters. The van der Waals surface area contributed by atoms with Gasteiger partial charge >= 0.3 is 0 Å². The topological polar surface area (TPSA) is 95.8 Å². The van der Waals surface area contributed by atoms with E-state index in [-0.39, 0.29) is 5.82 Å². The minimum absolute atomic E-state index is 0.334. The SMILES string of the molecule is N#CC1(c2ccc(-c3nc(-c4ccc(F)cc4)oc3Sc3ccc(Cl)cn3)cn2)CC(O)C1. The van der Waals surface area contributed by atoms with E-state index in [0.717, 1.165) is 0 Å². The van der Waals surface area contributed by atoms with Crippen LogP contribution in [0.5, 0.6) is 0 Å². The maximum absolute atomic E-state index is 13.4. The van der Waals surface area contributed by atoms with Crippen LogP contribution in [-0.4, -0.2) is 26.2 Å². The molecule has 0 aliphatic heterocycles. The van der Waals surface area contributed by atoms with E-state index >= 15 is 0 Å². The van der Waals surface area contributed by atoms with Crippen molar-refractivity contribution in [2.75, 3.05) is 0 Å². The zero-order chi connectivity index (χ0) is 23.0. The lowest BCUT2D eigenvalue weighted by atomic mass is 9.65. The van der Waals surface area contributed by atoms with Crippen LogP contribution in [0.25, 0.3) is 22.7 Å². The number of hydrogen-bond donors (Lipinski definition) is 1. The van der Waals surface area contributed by atoms with Crippen molar-refractivity contribution in [2.24, 2.45) is 0 Å². The summed E-state index contributed by atoms with van der Waals surface area (Å²) in [4.78, 5) is 13.4. The van der Waals surface area contributed by atoms with Gasteiger partial charge in [-0.2, -0.15) is 5.26 Å². The number of benzene rings is 1. The van der Waals surface area contributed by atoms with Crippen LogP contribution in [-0.2, 0) is 5.41 Å². The molecule has 6 nitrogen and oxygen atoms in total. The Kier molecular flexibility index (Phi) is 5.62. The number of nitriles is 1. The Balaban J connectivity index is 1.53. The number of pyridine rings is 2. The molecule has 3 aromatic heterocycles. The molecule has 0 atom stereocenters. The molecule has 0 bridgehead atoms. The normalized spacial score (nSPS) is 19.6. The quantitative estimate of drug-likeness (QED) is 0.395. The Bertz CT molecular complexity index is 1330. The third-order valence-electron chi connectivity index (χ3n) is 5.49. The number of halogens is 2. The van der Waals surface area contributed by atoms with Crippen LogP contribution in [0, 0.1) is 17.1 Å². The van der Waals surface area contributed by atoms with Crippen LogP contribution >= 0.6 is 23.4 Å². The van der Waals surface area contributed by atoms with E-state index < -0.39 is 11.5 Å². The average Bonchev–Trinajstić information content (AvgIpc) is 3.22. The fourth-order valence-corrected chi connectivity index (χ4v) is 4.63. The van der Waals surface area contributed by atoms with Crippen molar-refractivity contribution in [1.82, 2.24) is 15.0 Å². The second-order valence-corrected chi connectivity index (χ2v) is 9.20. The van der Waals surface area contributed by atoms with E-state index in [1.54, 1.807) is 42.7 Å². The van der Waals surface area contributed by atoms with Crippen LogP contribution in [0.3, 0.4) is 0 Å². The van der Waals surface area contributed by atoms with Gasteiger partial charge in [0.1, 0.15) is 22.0 Å². The van der Waals surface area contributed by atoms with Crippen molar-refractivity contribution in [1.29, 1.82) is 5.26 Å². The second kappa shape index (κ2) is 8.60. The zero-order valence-corrected chi connectivity index (χ0v) is 18.6. The number of hydrogen-bond acceptors (Lipinski definition) is 7. The monoisotopic (exact) mass is 478 g/mol. The van der Waals surface area contributed by atoms with Crippen LogP contribution in [0.15, 0.2) is 75.5 Å². The molecule has 0 amide bonds. The van der Waals surface area contributed by atoms with E-state index in [9.17, 15) is 14.8 Å². The van der Waals surface area contributed by atoms with Crippen LogP contribution in [0.1, 0.15) is 18.5 Å². The van der Waals surface area contributed by atoms with Crippen molar-refractivity contribution < 1.29 is 13.9 Å². The molecule has 1 N–H and O–H groups in total. The largest absolute Gasteiger partial charge is 0.429 e. The fraction of sp³-hybridized carbons (Fsp3) is 0.167. The van der Waals surface area contributed by atoms with Crippen molar-refractivity contribution in [3.63, 3.8) is 0 Å². The lowest BCUT2D eigenvalue weighted by Crippen LogP contribution is -2.44. The molecule has 1 aromatic carbocycles. The molecule has 3 heterocycles. The summed E-state index contributed by atoms with van der Waals surface area (Å²) >= 11 is 7.22. The molecule has 1 saturated carbocycles. The van der Waals surface area contributed by atoms with Crippen molar-refractivity contribution in [3.8, 4) is 28.8 Å². The first-order valence-corrected chi connectivity index (χ1v) is 11.3. The van der Waals surface area contributed by atoms with E-state index in [1.165, 1.54) is 23.9 Å². The van der Waals surface area contributed by atoms with Crippen molar-refractivity contribution >= 4 is 23.4 Å². The summed E-state index contributed by atoms with van der Waals surface area (Å²) in [5.41, 5.74) is 1.74. The van der Waals surface area contributed by atoms with Gasteiger partial charge in [0.05, 0.1) is 22.9 Å². The third kappa shape index (κ3) is 4.23. The van der Waals surface area contributed by atoms with Gasteiger partial charge in [0.25, 0.3) is 0 Å². The molecule has 0 spiro atoms. The second-order valence-electron chi connectivity index (χ2n) is 7.77. The third-order valence-corrected chi connectivity index (χ3v) is 6.63. The molecule has 164 valence electrons. The minimum Gasteiger partial charge on any atom is -0.429 e. The van der Waals surface area contributed by atoms with Crippen LogP contribution < -0.4 is 0 Å². The average molecular weight is 479 g/mol. The number of aromatic nitrogens is 3. The molecular weight excluding hydrogens is 463 g/mol. The summed E-state index contributed by atoms with van der Waals surface area (Å²) in [5, 5.41) is 21.0. The Morgan fingerprint density at radius 1 is 1.06 bits per heavy atom. The molecule has 9 heteroatoms. The van der Waals surface area contributed by atoms with Gasteiger partial charge < -0.3 is 9.52 Å². The van der Waals surface area contributed by atoms with Gasteiger partial charge in [-0.1, -0.05) is 11.6 Å². The molecule has 1 aliphatic rings. The molecule has 5 rings (SSSR count). The smallest absolute Gasteiger partial charge is 0.228 e. The van der Waals surface area contributed by atoms with Gasteiger partial charge in [-0.05, 0) is 73.1 Å².